The van der Waals surface area contributed by atoms with Crippen LogP contribution < -0.4 is 10.2 Å². The first-order valence-corrected chi connectivity index (χ1v) is 7.03. The normalized spacial score (nSPS) is 16.6. The predicted molar refractivity (Wildman–Crippen MR) is 77.3 cm³/mol. The fraction of sp³-hybridized carbons (Fsp3) is 0.500. The van der Waals surface area contributed by atoms with Crippen molar-refractivity contribution in [1.82, 2.24) is 24.8 Å². The maximum atomic E-state index is 4.31. The van der Waals surface area contributed by atoms with Crippen LogP contribution in [-0.2, 0) is 13.6 Å². The van der Waals surface area contributed by atoms with E-state index >= 15 is 0 Å². The van der Waals surface area contributed by atoms with Crippen molar-refractivity contribution in [3.8, 4) is 0 Å². The van der Waals surface area contributed by atoms with E-state index in [0.29, 0.717) is 6.04 Å². The Morgan fingerprint density at radius 3 is 2.65 bits per heavy atom. The molecule has 2 aromatic heterocycles. The summed E-state index contributed by atoms with van der Waals surface area (Å²) in [6, 6.07) is 2.41. The smallest absolute Gasteiger partial charge is 0.225 e. The highest BCUT2D eigenvalue weighted by Crippen LogP contribution is 2.15. The van der Waals surface area contributed by atoms with Crippen LogP contribution in [0.5, 0.6) is 0 Å². The molecule has 1 saturated heterocycles. The maximum absolute atomic E-state index is 4.31. The Kier molecular flexibility index (Phi) is 3.92. The second-order valence-corrected chi connectivity index (χ2v) is 5.19. The Labute approximate surface area is 118 Å². The number of aromatic nitrogens is 4. The number of nitrogens with one attached hydrogen (secondary N) is 1. The molecule has 3 rings (SSSR count). The van der Waals surface area contributed by atoms with Crippen molar-refractivity contribution in [2.24, 2.45) is 7.05 Å². The Hall–Kier alpha value is -1.95. The minimum absolute atomic E-state index is 0.560. The highest BCUT2D eigenvalue weighted by atomic mass is 15.3. The van der Waals surface area contributed by atoms with Gasteiger partial charge in [-0.15, -0.1) is 0 Å². The van der Waals surface area contributed by atoms with Crippen LogP contribution in [0.1, 0.15) is 18.5 Å². The number of rotatable bonds is 4. The number of hydrogen-bond acceptors (Lipinski definition) is 5. The molecule has 0 aliphatic carbocycles. The molecule has 0 radical (unpaired) electrons. The second kappa shape index (κ2) is 6.00. The molecular formula is C14H20N6. The minimum Gasteiger partial charge on any atom is -0.341 e. The molecule has 0 bridgehead atoms. The van der Waals surface area contributed by atoms with Gasteiger partial charge in [0.05, 0.1) is 12.0 Å². The molecule has 1 N–H and O–H groups in total. The molecule has 106 valence electrons. The Balaban J connectivity index is 1.48. The van der Waals surface area contributed by atoms with Gasteiger partial charge in [0.25, 0.3) is 0 Å². The summed E-state index contributed by atoms with van der Waals surface area (Å²) in [4.78, 5) is 15.0. The van der Waals surface area contributed by atoms with Gasteiger partial charge in [0.15, 0.2) is 0 Å². The van der Waals surface area contributed by atoms with Gasteiger partial charge in [-0.1, -0.05) is 0 Å². The topological polar surface area (TPSA) is 58.9 Å². The molecular weight excluding hydrogens is 252 g/mol. The lowest BCUT2D eigenvalue weighted by atomic mass is 10.1. The molecule has 1 aliphatic heterocycles. The van der Waals surface area contributed by atoms with Gasteiger partial charge in [0.2, 0.25) is 5.95 Å². The van der Waals surface area contributed by atoms with E-state index in [1.807, 2.05) is 25.6 Å². The van der Waals surface area contributed by atoms with Crippen LogP contribution >= 0.6 is 0 Å². The molecule has 1 aliphatic rings. The first-order chi connectivity index (χ1) is 9.83. The fourth-order valence-electron chi connectivity index (χ4n) is 2.54. The lowest BCUT2D eigenvalue weighted by Crippen LogP contribution is -2.43. The summed E-state index contributed by atoms with van der Waals surface area (Å²) in [7, 11) is 2.03. The summed E-state index contributed by atoms with van der Waals surface area (Å²) in [5.41, 5.74) is 1.22. The lowest BCUT2D eigenvalue weighted by Gasteiger charge is -2.32. The monoisotopic (exact) mass is 272 g/mol. The largest absolute Gasteiger partial charge is 0.341 e. The highest BCUT2D eigenvalue weighted by Gasteiger charge is 2.20. The zero-order valence-electron chi connectivity index (χ0n) is 11.7. The van der Waals surface area contributed by atoms with Crippen molar-refractivity contribution >= 4 is 5.95 Å². The quantitative estimate of drug-likeness (QED) is 0.898. The number of imidazole rings is 1. The van der Waals surface area contributed by atoms with Crippen molar-refractivity contribution in [2.75, 3.05) is 18.0 Å². The number of hydrogen-bond donors (Lipinski definition) is 1. The minimum atomic E-state index is 0.560. The summed E-state index contributed by atoms with van der Waals surface area (Å²) in [6.45, 7) is 2.89. The van der Waals surface area contributed by atoms with Gasteiger partial charge in [-0.2, -0.15) is 0 Å². The van der Waals surface area contributed by atoms with Gasteiger partial charge >= 0.3 is 0 Å². The molecule has 2 aromatic rings. The number of anilines is 1. The maximum Gasteiger partial charge on any atom is 0.225 e. The summed E-state index contributed by atoms with van der Waals surface area (Å²) < 4.78 is 2.06. The zero-order chi connectivity index (χ0) is 13.8. The van der Waals surface area contributed by atoms with E-state index in [4.69, 9.17) is 0 Å². The van der Waals surface area contributed by atoms with Gasteiger partial charge in [-0.25, -0.2) is 15.0 Å². The first kappa shape index (κ1) is 13.1. The third-order valence-corrected chi connectivity index (χ3v) is 3.82. The third-order valence-electron chi connectivity index (χ3n) is 3.82. The second-order valence-electron chi connectivity index (χ2n) is 5.19. The van der Waals surface area contributed by atoms with Gasteiger partial charge in [-0.3, -0.25) is 0 Å². The molecule has 3 heterocycles. The van der Waals surface area contributed by atoms with E-state index < -0.39 is 0 Å². The number of aryl methyl sites for hydroxylation is 1. The van der Waals surface area contributed by atoms with Crippen molar-refractivity contribution in [3.05, 3.63) is 36.7 Å². The molecule has 0 unspecified atom stereocenters. The molecule has 0 spiro atoms. The summed E-state index contributed by atoms with van der Waals surface area (Å²) in [5.74, 6) is 0.845. The fourth-order valence-corrected chi connectivity index (χ4v) is 2.54. The summed E-state index contributed by atoms with van der Waals surface area (Å²) >= 11 is 0. The Morgan fingerprint density at radius 1 is 1.25 bits per heavy atom. The first-order valence-electron chi connectivity index (χ1n) is 7.03. The standard InChI is InChI=1S/C14H20N6/c1-19-11-15-9-13(19)10-18-12-3-7-20(8-4-12)14-16-5-2-6-17-14/h2,5-6,9,11-12,18H,3-4,7-8,10H2,1H3. The van der Waals surface area contributed by atoms with E-state index in [-0.39, 0.29) is 0 Å². The molecule has 0 atom stereocenters. The predicted octanol–water partition coefficient (Wildman–Crippen LogP) is 0.969. The van der Waals surface area contributed by atoms with Crippen LogP contribution in [0.4, 0.5) is 5.95 Å². The van der Waals surface area contributed by atoms with Gasteiger partial charge < -0.3 is 14.8 Å². The SMILES string of the molecule is Cn1cncc1CNC1CCN(c2ncccn2)CC1. The number of nitrogens with zero attached hydrogens (tertiary/aromatic N) is 5. The average Bonchev–Trinajstić information content (AvgIpc) is 2.92. The van der Waals surface area contributed by atoms with E-state index in [1.54, 1.807) is 12.4 Å². The molecule has 6 nitrogen and oxygen atoms in total. The summed E-state index contributed by atoms with van der Waals surface area (Å²) in [5, 5.41) is 3.61. The average molecular weight is 272 g/mol. The highest BCUT2D eigenvalue weighted by molar-refractivity contribution is 5.29. The summed E-state index contributed by atoms with van der Waals surface area (Å²) in [6.07, 6.45) is 9.60. The van der Waals surface area contributed by atoms with Crippen LogP contribution in [0.2, 0.25) is 0 Å². The van der Waals surface area contributed by atoms with Gasteiger partial charge in [-0.05, 0) is 18.9 Å². The van der Waals surface area contributed by atoms with E-state index in [0.717, 1.165) is 38.4 Å². The van der Waals surface area contributed by atoms with Crippen molar-refractivity contribution in [1.29, 1.82) is 0 Å². The van der Waals surface area contributed by atoms with Crippen molar-refractivity contribution in [3.63, 3.8) is 0 Å². The van der Waals surface area contributed by atoms with Gasteiger partial charge in [0.1, 0.15) is 0 Å². The molecule has 1 fully saturated rings. The molecule has 6 heteroatoms. The van der Waals surface area contributed by atoms with Gasteiger partial charge in [0, 0.05) is 51.3 Å². The third kappa shape index (κ3) is 2.96. The molecule has 0 aromatic carbocycles. The Morgan fingerprint density at radius 2 is 2.00 bits per heavy atom. The molecule has 20 heavy (non-hydrogen) atoms. The zero-order valence-corrected chi connectivity index (χ0v) is 11.7. The van der Waals surface area contributed by atoms with Crippen molar-refractivity contribution < 1.29 is 0 Å². The van der Waals surface area contributed by atoms with Crippen LogP contribution in [-0.4, -0.2) is 38.7 Å². The van der Waals surface area contributed by atoms with Crippen LogP contribution in [0.3, 0.4) is 0 Å². The van der Waals surface area contributed by atoms with E-state index in [1.165, 1.54) is 5.69 Å². The van der Waals surface area contributed by atoms with Crippen molar-refractivity contribution in [2.45, 2.75) is 25.4 Å². The van der Waals surface area contributed by atoms with Crippen LogP contribution in [0, 0.1) is 0 Å². The molecule has 0 saturated carbocycles. The van der Waals surface area contributed by atoms with E-state index in [2.05, 4.69) is 29.7 Å². The number of piperidine rings is 1. The van der Waals surface area contributed by atoms with Crippen LogP contribution in [0.15, 0.2) is 31.0 Å². The van der Waals surface area contributed by atoms with E-state index in [9.17, 15) is 0 Å². The lowest BCUT2D eigenvalue weighted by molar-refractivity contribution is 0.407. The molecule has 0 amide bonds. The van der Waals surface area contributed by atoms with Crippen LogP contribution in [0.25, 0.3) is 0 Å². The Bertz CT molecular complexity index is 530.